The number of rotatable bonds is 7. The summed E-state index contributed by atoms with van der Waals surface area (Å²) in [5.74, 6) is 1.25. The molecule has 0 aliphatic carbocycles. The number of carbonyl (C=O) groups is 1. The number of imidazole rings is 1. The molecule has 0 aliphatic heterocycles. The maximum atomic E-state index is 12.1. The predicted octanol–water partition coefficient (Wildman–Crippen LogP) is 3.60. The molecular formula is C19H23ClN4OS. The van der Waals surface area contributed by atoms with E-state index in [1.165, 1.54) is 0 Å². The molecule has 0 fully saturated rings. The van der Waals surface area contributed by atoms with Gasteiger partial charge in [-0.1, -0.05) is 42.5 Å². The largest absolute Gasteiger partial charge is 0.353 e. The molecule has 0 radical (unpaired) electrons. The Morgan fingerprint density at radius 3 is 2.62 bits per heavy atom. The van der Waals surface area contributed by atoms with E-state index in [0.717, 1.165) is 22.4 Å². The number of nitrogens with zero attached hydrogens (tertiary/aromatic N) is 1. The van der Waals surface area contributed by atoms with Crippen LogP contribution in [0.3, 0.4) is 0 Å². The summed E-state index contributed by atoms with van der Waals surface area (Å²) in [5, 5.41) is 3.01. The normalized spacial score (nSPS) is 13.0. The predicted molar refractivity (Wildman–Crippen MR) is 111 cm³/mol. The molecule has 4 N–H and O–H groups in total. The third kappa shape index (κ3) is 5.24. The van der Waals surface area contributed by atoms with E-state index in [9.17, 15) is 4.79 Å². The van der Waals surface area contributed by atoms with Gasteiger partial charge in [-0.05, 0) is 24.6 Å². The highest BCUT2D eigenvalue weighted by Gasteiger charge is 2.14. The lowest BCUT2D eigenvalue weighted by molar-refractivity contribution is -0.118. The number of aromatic nitrogens is 2. The molecule has 1 amide bonds. The molecule has 0 aliphatic rings. The van der Waals surface area contributed by atoms with Crippen LogP contribution in [-0.2, 0) is 4.79 Å². The number of amides is 1. The second-order valence-electron chi connectivity index (χ2n) is 5.91. The smallest absolute Gasteiger partial charge is 0.230 e. The lowest BCUT2D eigenvalue weighted by atomic mass is 10.1. The maximum absolute atomic E-state index is 12.1. The first kappa shape index (κ1) is 20.3. The van der Waals surface area contributed by atoms with Crippen LogP contribution in [0.4, 0.5) is 0 Å². The SMILES string of the molecule is CC(SCC(=O)NCC(N)c1ccccc1)c1nc2ccccc2[nH]1.Cl. The molecule has 26 heavy (non-hydrogen) atoms. The number of nitrogens with two attached hydrogens (primary N) is 1. The number of fused-ring (bicyclic) bond motifs is 1. The highest BCUT2D eigenvalue weighted by molar-refractivity contribution is 8.00. The van der Waals surface area contributed by atoms with Crippen molar-refractivity contribution in [1.82, 2.24) is 15.3 Å². The summed E-state index contributed by atoms with van der Waals surface area (Å²) < 4.78 is 0. The molecule has 0 saturated heterocycles. The molecule has 1 aromatic heterocycles. The Morgan fingerprint density at radius 1 is 1.19 bits per heavy atom. The van der Waals surface area contributed by atoms with Gasteiger partial charge in [0.1, 0.15) is 5.82 Å². The van der Waals surface area contributed by atoms with Crippen LogP contribution in [0.15, 0.2) is 54.6 Å². The van der Waals surface area contributed by atoms with Crippen molar-refractivity contribution in [2.45, 2.75) is 18.2 Å². The molecule has 7 heteroatoms. The lowest BCUT2D eigenvalue weighted by Crippen LogP contribution is -2.33. The van der Waals surface area contributed by atoms with Crippen LogP contribution in [-0.4, -0.2) is 28.2 Å². The minimum Gasteiger partial charge on any atom is -0.353 e. The Kier molecular flexibility index (Phi) is 7.50. The van der Waals surface area contributed by atoms with E-state index in [1.807, 2.05) is 61.5 Å². The zero-order valence-corrected chi connectivity index (χ0v) is 16.1. The molecule has 2 aromatic carbocycles. The van der Waals surface area contributed by atoms with Crippen LogP contribution in [0, 0.1) is 0 Å². The Balaban J connectivity index is 0.00000243. The van der Waals surface area contributed by atoms with Crippen LogP contribution in [0.25, 0.3) is 11.0 Å². The summed E-state index contributed by atoms with van der Waals surface area (Å²) in [4.78, 5) is 20.0. The van der Waals surface area contributed by atoms with Crippen molar-refractivity contribution in [3.8, 4) is 0 Å². The Hall–Kier alpha value is -2.02. The topological polar surface area (TPSA) is 83.8 Å². The number of para-hydroxylation sites is 2. The third-order valence-corrected chi connectivity index (χ3v) is 5.16. The van der Waals surface area contributed by atoms with E-state index in [0.29, 0.717) is 12.3 Å². The Bertz CT molecular complexity index is 807. The fourth-order valence-electron chi connectivity index (χ4n) is 2.54. The van der Waals surface area contributed by atoms with E-state index in [4.69, 9.17) is 5.73 Å². The zero-order chi connectivity index (χ0) is 17.6. The first-order valence-electron chi connectivity index (χ1n) is 8.27. The molecular weight excluding hydrogens is 368 g/mol. The van der Waals surface area contributed by atoms with Crippen molar-refractivity contribution in [3.05, 3.63) is 66.0 Å². The average molecular weight is 391 g/mol. The van der Waals surface area contributed by atoms with E-state index < -0.39 is 0 Å². The summed E-state index contributed by atoms with van der Waals surface area (Å²) >= 11 is 1.55. The summed E-state index contributed by atoms with van der Waals surface area (Å²) in [6.07, 6.45) is 0. The molecule has 3 aromatic rings. The van der Waals surface area contributed by atoms with Crippen molar-refractivity contribution in [1.29, 1.82) is 0 Å². The van der Waals surface area contributed by atoms with Crippen LogP contribution < -0.4 is 11.1 Å². The number of aromatic amines is 1. The van der Waals surface area contributed by atoms with E-state index in [2.05, 4.69) is 15.3 Å². The Labute approximate surface area is 163 Å². The van der Waals surface area contributed by atoms with Gasteiger partial charge in [0.15, 0.2) is 0 Å². The number of nitrogens with one attached hydrogen (secondary N) is 2. The maximum Gasteiger partial charge on any atom is 0.230 e. The monoisotopic (exact) mass is 390 g/mol. The van der Waals surface area contributed by atoms with Crippen LogP contribution in [0.2, 0.25) is 0 Å². The highest BCUT2D eigenvalue weighted by atomic mass is 35.5. The fourth-order valence-corrected chi connectivity index (χ4v) is 3.31. The van der Waals surface area contributed by atoms with E-state index in [-0.39, 0.29) is 29.6 Å². The molecule has 1 heterocycles. The van der Waals surface area contributed by atoms with Gasteiger partial charge in [0.2, 0.25) is 5.91 Å². The van der Waals surface area contributed by atoms with Gasteiger partial charge in [-0.2, -0.15) is 0 Å². The first-order valence-corrected chi connectivity index (χ1v) is 9.32. The molecule has 3 rings (SSSR count). The zero-order valence-electron chi connectivity index (χ0n) is 14.5. The quantitative estimate of drug-likeness (QED) is 0.575. The van der Waals surface area contributed by atoms with Crippen molar-refractivity contribution in [2.75, 3.05) is 12.3 Å². The summed E-state index contributed by atoms with van der Waals surface area (Å²) in [6, 6.07) is 17.5. The van der Waals surface area contributed by atoms with Crippen molar-refractivity contribution in [3.63, 3.8) is 0 Å². The van der Waals surface area contributed by atoms with Gasteiger partial charge in [0.05, 0.1) is 22.0 Å². The number of carbonyl (C=O) groups excluding carboxylic acids is 1. The minimum absolute atomic E-state index is 0. The van der Waals surface area contributed by atoms with Gasteiger partial charge in [-0.3, -0.25) is 4.79 Å². The first-order chi connectivity index (χ1) is 12.1. The molecule has 2 atom stereocenters. The van der Waals surface area contributed by atoms with Crippen LogP contribution >= 0.6 is 24.2 Å². The number of hydrogen-bond donors (Lipinski definition) is 3. The van der Waals surface area contributed by atoms with Gasteiger partial charge in [0.25, 0.3) is 0 Å². The summed E-state index contributed by atoms with van der Waals surface area (Å²) in [5.41, 5.74) is 9.08. The lowest BCUT2D eigenvalue weighted by Gasteiger charge is -2.14. The molecule has 5 nitrogen and oxygen atoms in total. The number of halogens is 1. The van der Waals surface area contributed by atoms with E-state index >= 15 is 0 Å². The molecule has 0 saturated carbocycles. The fraction of sp³-hybridized carbons (Fsp3) is 0.263. The average Bonchev–Trinajstić information content (AvgIpc) is 3.09. The van der Waals surface area contributed by atoms with Crippen LogP contribution in [0.1, 0.15) is 29.6 Å². The van der Waals surface area contributed by atoms with Crippen molar-refractivity contribution in [2.24, 2.45) is 5.73 Å². The second kappa shape index (κ2) is 9.62. The molecule has 2 unspecified atom stereocenters. The summed E-state index contributed by atoms with van der Waals surface area (Å²) in [7, 11) is 0. The molecule has 0 spiro atoms. The Morgan fingerprint density at radius 2 is 1.88 bits per heavy atom. The van der Waals surface area contributed by atoms with Gasteiger partial charge in [-0.15, -0.1) is 24.2 Å². The third-order valence-electron chi connectivity index (χ3n) is 4.00. The minimum atomic E-state index is -0.192. The summed E-state index contributed by atoms with van der Waals surface area (Å²) in [6.45, 7) is 2.48. The molecule has 0 bridgehead atoms. The van der Waals surface area contributed by atoms with Crippen molar-refractivity contribution >= 4 is 41.1 Å². The molecule has 138 valence electrons. The van der Waals surface area contributed by atoms with Gasteiger partial charge >= 0.3 is 0 Å². The van der Waals surface area contributed by atoms with Gasteiger partial charge in [0, 0.05) is 12.6 Å². The van der Waals surface area contributed by atoms with E-state index in [1.54, 1.807) is 11.8 Å². The van der Waals surface area contributed by atoms with Gasteiger partial charge < -0.3 is 16.0 Å². The highest BCUT2D eigenvalue weighted by Crippen LogP contribution is 2.27. The number of thioether (sulfide) groups is 1. The number of H-pyrrole nitrogens is 1. The van der Waals surface area contributed by atoms with Crippen LogP contribution in [0.5, 0.6) is 0 Å². The number of benzene rings is 2. The standard InChI is InChI=1S/C19H22N4OS.ClH/c1-13(19-22-16-9-5-6-10-17(16)23-19)25-12-18(24)21-11-15(20)14-7-3-2-4-8-14;/h2-10,13,15H,11-12,20H2,1H3,(H,21,24)(H,22,23);1H. The van der Waals surface area contributed by atoms with Gasteiger partial charge in [-0.25, -0.2) is 4.98 Å². The second-order valence-corrected chi connectivity index (χ2v) is 7.24. The van der Waals surface area contributed by atoms with Crippen molar-refractivity contribution < 1.29 is 4.79 Å². The number of hydrogen-bond acceptors (Lipinski definition) is 4.